The first kappa shape index (κ1) is 16.7. The number of rotatable bonds is 6. The number of carbonyl (C=O) groups is 1. The van der Waals surface area contributed by atoms with Crippen LogP contribution in [0.4, 0.5) is 0 Å². The highest BCUT2D eigenvalue weighted by atomic mass is 35.5. The Morgan fingerprint density at radius 1 is 1.25 bits per heavy atom. The molecule has 0 aliphatic carbocycles. The van der Waals surface area contributed by atoms with Gasteiger partial charge in [-0.15, -0.1) is 11.3 Å². The van der Waals surface area contributed by atoms with E-state index in [-0.39, 0.29) is 5.91 Å². The summed E-state index contributed by atoms with van der Waals surface area (Å²) < 4.78 is 6.46. The van der Waals surface area contributed by atoms with E-state index in [0.717, 1.165) is 20.5 Å². The smallest absolute Gasteiger partial charge is 0.223 e. The minimum absolute atomic E-state index is 0.0546. The lowest BCUT2D eigenvalue weighted by molar-refractivity contribution is -0.130. The molecule has 0 bridgehead atoms. The fraction of sp³-hybridized carbons (Fsp3) is 0.222. The average molecular weight is 361 g/mol. The summed E-state index contributed by atoms with van der Waals surface area (Å²) in [5.41, 5.74) is 0.981. The maximum atomic E-state index is 12.2. The molecule has 4 nitrogen and oxygen atoms in total. The average Bonchev–Trinajstić information content (AvgIpc) is 3.22. The Morgan fingerprint density at radius 2 is 2.04 bits per heavy atom. The van der Waals surface area contributed by atoms with Crippen molar-refractivity contribution in [2.75, 3.05) is 7.05 Å². The summed E-state index contributed by atoms with van der Waals surface area (Å²) in [4.78, 5) is 19.3. The lowest BCUT2D eigenvalue weighted by atomic mass is 10.2. The van der Waals surface area contributed by atoms with Crippen molar-refractivity contribution in [3.05, 3.63) is 63.8 Å². The zero-order valence-corrected chi connectivity index (χ0v) is 14.8. The van der Waals surface area contributed by atoms with Crippen LogP contribution in [0.25, 0.3) is 11.3 Å². The van der Waals surface area contributed by atoms with E-state index in [0.29, 0.717) is 25.3 Å². The largest absolute Gasteiger partial charge is 0.441 e. The van der Waals surface area contributed by atoms with Gasteiger partial charge in [0.05, 0.1) is 17.1 Å². The predicted octanol–water partition coefficient (Wildman–Crippen LogP) is 4.65. The molecule has 24 heavy (non-hydrogen) atoms. The molecule has 0 saturated carbocycles. The molecule has 0 unspecified atom stereocenters. The summed E-state index contributed by atoms with van der Waals surface area (Å²) in [5, 5.41) is 0. The van der Waals surface area contributed by atoms with Crippen molar-refractivity contribution in [2.45, 2.75) is 19.4 Å². The van der Waals surface area contributed by atoms with Crippen molar-refractivity contribution in [1.29, 1.82) is 0 Å². The lowest BCUT2D eigenvalue weighted by Gasteiger charge is -2.15. The maximum Gasteiger partial charge on any atom is 0.223 e. The number of halogens is 1. The number of thiophene rings is 1. The van der Waals surface area contributed by atoms with Gasteiger partial charge in [0.1, 0.15) is 0 Å². The molecule has 124 valence electrons. The Kier molecular flexibility index (Phi) is 5.33. The summed E-state index contributed by atoms with van der Waals surface area (Å²) >= 11 is 7.40. The molecule has 6 heteroatoms. The van der Waals surface area contributed by atoms with Crippen LogP contribution in [-0.4, -0.2) is 22.8 Å². The standard InChI is InChI=1S/C18H17ClN2O2S/c1-21(12-14-7-8-16(19)24-14)18(22)10-9-17-20-11-15(23-17)13-5-3-2-4-6-13/h2-8,11H,9-10,12H2,1H3. The first-order chi connectivity index (χ1) is 11.6. The Hall–Kier alpha value is -2.11. The Balaban J connectivity index is 1.53. The van der Waals surface area contributed by atoms with E-state index < -0.39 is 0 Å². The van der Waals surface area contributed by atoms with E-state index in [4.69, 9.17) is 16.0 Å². The van der Waals surface area contributed by atoms with Gasteiger partial charge in [0.15, 0.2) is 11.7 Å². The van der Waals surface area contributed by atoms with Crippen LogP contribution < -0.4 is 0 Å². The van der Waals surface area contributed by atoms with Gasteiger partial charge in [-0.05, 0) is 12.1 Å². The second kappa shape index (κ2) is 7.64. The van der Waals surface area contributed by atoms with E-state index >= 15 is 0 Å². The van der Waals surface area contributed by atoms with Gasteiger partial charge in [-0.2, -0.15) is 0 Å². The molecule has 3 rings (SSSR count). The molecule has 1 amide bonds. The van der Waals surface area contributed by atoms with Crippen LogP contribution >= 0.6 is 22.9 Å². The van der Waals surface area contributed by atoms with E-state index in [1.807, 2.05) is 42.5 Å². The van der Waals surface area contributed by atoms with Gasteiger partial charge in [0.25, 0.3) is 0 Å². The zero-order chi connectivity index (χ0) is 16.9. The number of oxazole rings is 1. The van der Waals surface area contributed by atoms with Crippen molar-refractivity contribution >= 4 is 28.8 Å². The molecule has 0 fully saturated rings. The molecular formula is C18H17ClN2O2S. The van der Waals surface area contributed by atoms with E-state index in [1.54, 1.807) is 18.1 Å². The van der Waals surface area contributed by atoms with Crippen LogP contribution in [-0.2, 0) is 17.8 Å². The fourth-order valence-corrected chi connectivity index (χ4v) is 3.47. The van der Waals surface area contributed by atoms with Crippen molar-refractivity contribution < 1.29 is 9.21 Å². The monoisotopic (exact) mass is 360 g/mol. The number of aromatic nitrogens is 1. The summed E-state index contributed by atoms with van der Waals surface area (Å²) in [7, 11) is 1.79. The molecule has 0 saturated heterocycles. The number of hydrogen-bond donors (Lipinski definition) is 0. The lowest BCUT2D eigenvalue weighted by Crippen LogP contribution is -2.26. The molecule has 2 heterocycles. The van der Waals surface area contributed by atoms with Crippen molar-refractivity contribution in [2.24, 2.45) is 0 Å². The van der Waals surface area contributed by atoms with Gasteiger partial charge in [-0.1, -0.05) is 41.9 Å². The molecule has 0 radical (unpaired) electrons. The highest BCUT2D eigenvalue weighted by molar-refractivity contribution is 7.16. The fourth-order valence-electron chi connectivity index (χ4n) is 2.33. The van der Waals surface area contributed by atoms with Gasteiger partial charge in [-0.25, -0.2) is 4.98 Å². The van der Waals surface area contributed by atoms with Crippen molar-refractivity contribution in [3.63, 3.8) is 0 Å². The number of aryl methyl sites for hydroxylation is 1. The normalized spacial score (nSPS) is 10.8. The quantitative estimate of drug-likeness (QED) is 0.643. The van der Waals surface area contributed by atoms with E-state index in [2.05, 4.69) is 4.98 Å². The van der Waals surface area contributed by atoms with Crippen LogP contribution in [0.15, 0.2) is 53.1 Å². The molecule has 0 N–H and O–H groups in total. The van der Waals surface area contributed by atoms with Crippen LogP contribution in [0.3, 0.4) is 0 Å². The number of amides is 1. The Labute approximate surface area is 149 Å². The highest BCUT2D eigenvalue weighted by Gasteiger charge is 2.13. The SMILES string of the molecule is CN(Cc1ccc(Cl)s1)C(=O)CCc1ncc(-c2ccccc2)o1. The first-order valence-corrected chi connectivity index (χ1v) is 8.79. The summed E-state index contributed by atoms with van der Waals surface area (Å²) in [6, 6.07) is 13.6. The summed E-state index contributed by atoms with van der Waals surface area (Å²) in [5.74, 6) is 1.35. The minimum Gasteiger partial charge on any atom is -0.441 e. The maximum absolute atomic E-state index is 12.2. The van der Waals surface area contributed by atoms with Gasteiger partial charge in [-0.3, -0.25) is 4.79 Å². The summed E-state index contributed by atoms with van der Waals surface area (Å²) in [6.45, 7) is 0.567. The molecule has 0 aliphatic heterocycles. The van der Waals surface area contributed by atoms with E-state index in [9.17, 15) is 4.79 Å². The molecule has 3 aromatic rings. The first-order valence-electron chi connectivity index (χ1n) is 7.60. The number of carbonyl (C=O) groups excluding carboxylic acids is 1. The van der Waals surface area contributed by atoms with Crippen LogP contribution in [0.1, 0.15) is 17.2 Å². The molecule has 2 aromatic heterocycles. The third-order valence-corrected chi connectivity index (χ3v) is 4.83. The van der Waals surface area contributed by atoms with E-state index in [1.165, 1.54) is 11.3 Å². The number of hydrogen-bond acceptors (Lipinski definition) is 4. The van der Waals surface area contributed by atoms with Gasteiger partial charge in [0.2, 0.25) is 5.91 Å². The highest BCUT2D eigenvalue weighted by Crippen LogP contribution is 2.23. The van der Waals surface area contributed by atoms with Gasteiger partial charge in [0, 0.05) is 30.3 Å². The Morgan fingerprint density at radius 3 is 2.75 bits per heavy atom. The van der Waals surface area contributed by atoms with Crippen molar-refractivity contribution in [3.8, 4) is 11.3 Å². The van der Waals surface area contributed by atoms with Crippen LogP contribution in [0.2, 0.25) is 4.34 Å². The third-order valence-electron chi connectivity index (χ3n) is 3.61. The zero-order valence-electron chi connectivity index (χ0n) is 13.2. The van der Waals surface area contributed by atoms with Crippen LogP contribution in [0, 0.1) is 0 Å². The van der Waals surface area contributed by atoms with Crippen molar-refractivity contribution in [1.82, 2.24) is 9.88 Å². The molecule has 1 aromatic carbocycles. The topological polar surface area (TPSA) is 46.3 Å². The molecule has 0 spiro atoms. The molecule has 0 aliphatic rings. The number of benzene rings is 1. The number of nitrogens with zero attached hydrogens (tertiary/aromatic N) is 2. The van der Waals surface area contributed by atoms with Gasteiger partial charge < -0.3 is 9.32 Å². The van der Waals surface area contributed by atoms with Gasteiger partial charge >= 0.3 is 0 Å². The second-order valence-corrected chi connectivity index (χ2v) is 7.24. The summed E-state index contributed by atoms with van der Waals surface area (Å²) in [6.07, 6.45) is 2.55. The second-order valence-electron chi connectivity index (χ2n) is 5.44. The van der Waals surface area contributed by atoms with Crippen LogP contribution in [0.5, 0.6) is 0 Å². The molecular weight excluding hydrogens is 344 g/mol. The predicted molar refractivity (Wildman–Crippen MR) is 96.1 cm³/mol. The molecule has 0 atom stereocenters. The third kappa shape index (κ3) is 4.24. The Bertz CT molecular complexity index is 813. The minimum atomic E-state index is 0.0546.